The molecule has 39 heavy (non-hydrogen) atoms. The van der Waals surface area contributed by atoms with E-state index in [-0.39, 0.29) is 42.7 Å². The smallest absolute Gasteiger partial charge is 0.397 e. The van der Waals surface area contributed by atoms with Gasteiger partial charge in [-0.3, -0.25) is 18.7 Å². The van der Waals surface area contributed by atoms with Gasteiger partial charge in [-0.05, 0) is 31.0 Å². The molecule has 0 aromatic heterocycles. The van der Waals surface area contributed by atoms with Crippen molar-refractivity contribution in [1.82, 2.24) is 10.6 Å². The van der Waals surface area contributed by atoms with Gasteiger partial charge < -0.3 is 16.4 Å². The second-order valence-electron chi connectivity index (χ2n) is 7.87. The van der Waals surface area contributed by atoms with Gasteiger partial charge in [0.1, 0.15) is 0 Å². The molecule has 0 unspecified atom stereocenters. The standard InChI is InChI=1S/C18H29N3O14S4/c19-16-12-14(17(22)20-3-1-7-36(24,25)9-5-34-38(28,29)30)11-15(13-16)18(23)21-4-2-8-37(26,27)10-6-35-39(31,32)33/h11-13H,1-10,19H2,(H,20,22)(H,21,23)(H,28,29,30)(H,31,32,33). The van der Waals surface area contributed by atoms with Crippen LogP contribution in [-0.4, -0.2) is 104 Å². The second-order valence-corrected chi connectivity index (χ2v) is 14.7. The Morgan fingerprint density at radius 1 is 0.667 bits per heavy atom. The fourth-order valence-electron chi connectivity index (χ4n) is 2.84. The normalized spacial score (nSPS) is 12.7. The van der Waals surface area contributed by atoms with Gasteiger partial charge in [0.05, 0.1) is 36.2 Å². The number of amides is 2. The molecule has 0 aliphatic carbocycles. The molecule has 0 bridgehead atoms. The molecule has 0 aliphatic heterocycles. The Balaban J connectivity index is 2.53. The SMILES string of the molecule is Nc1cc(C(=O)NCCCS(=O)(=O)CCOS(=O)(=O)O)cc(C(=O)NCCCS(=O)(=O)CCOS(=O)(=O)O)c1. The van der Waals surface area contributed by atoms with Gasteiger partial charge in [0.2, 0.25) is 0 Å². The molecule has 1 aromatic carbocycles. The van der Waals surface area contributed by atoms with E-state index < -0.39 is 88.5 Å². The molecule has 0 atom stereocenters. The van der Waals surface area contributed by atoms with Crippen molar-refractivity contribution in [2.75, 3.05) is 55.0 Å². The number of anilines is 1. The molecule has 0 heterocycles. The molecule has 21 heteroatoms. The lowest BCUT2D eigenvalue weighted by atomic mass is 10.1. The molecule has 1 rings (SSSR count). The van der Waals surface area contributed by atoms with E-state index in [2.05, 4.69) is 19.0 Å². The molecule has 2 amide bonds. The molecule has 0 saturated carbocycles. The van der Waals surface area contributed by atoms with Gasteiger partial charge in [0, 0.05) is 29.9 Å². The zero-order valence-corrected chi connectivity index (χ0v) is 23.6. The zero-order chi connectivity index (χ0) is 29.9. The third kappa shape index (κ3) is 16.3. The van der Waals surface area contributed by atoms with Crippen molar-refractivity contribution in [2.45, 2.75) is 12.8 Å². The van der Waals surface area contributed by atoms with Crippen LogP contribution < -0.4 is 16.4 Å². The van der Waals surface area contributed by atoms with Crippen molar-refractivity contribution in [2.24, 2.45) is 0 Å². The van der Waals surface area contributed by atoms with Gasteiger partial charge in [-0.2, -0.15) is 16.8 Å². The molecule has 0 saturated heterocycles. The molecule has 0 radical (unpaired) electrons. The summed E-state index contributed by atoms with van der Waals surface area (Å²) in [7, 11) is -17.0. The average molecular weight is 640 g/mol. The lowest BCUT2D eigenvalue weighted by molar-refractivity contribution is 0.0953. The maximum atomic E-state index is 12.4. The van der Waals surface area contributed by atoms with Crippen LogP contribution in [-0.2, 0) is 48.8 Å². The van der Waals surface area contributed by atoms with Crippen LogP contribution in [0.4, 0.5) is 5.69 Å². The van der Waals surface area contributed by atoms with Crippen LogP contribution in [0.1, 0.15) is 33.6 Å². The summed E-state index contributed by atoms with van der Waals surface area (Å²) in [6.07, 6.45) is -0.0547. The van der Waals surface area contributed by atoms with Crippen molar-refractivity contribution in [1.29, 1.82) is 0 Å². The first-order valence-corrected chi connectivity index (χ1v) is 17.3. The Labute approximate surface area is 226 Å². The first kappa shape index (κ1) is 34.6. The fourth-order valence-corrected chi connectivity index (χ4v) is 5.89. The van der Waals surface area contributed by atoms with E-state index in [1.54, 1.807) is 0 Å². The first-order chi connectivity index (χ1) is 17.8. The largest absolute Gasteiger partial charge is 0.399 e. The van der Waals surface area contributed by atoms with Gasteiger partial charge in [-0.25, -0.2) is 25.2 Å². The second kappa shape index (κ2) is 14.8. The van der Waals surface area contributed by atoms with Gasteiger partial charge in [-0.1, -0.05) is 0 Å². The Kier molecular flexibility index (Phi) is 13.2. The number of carbonyl (C=O) groups is 2. The van der Waals surface area contributed by atoms with Crippen molar-refractivity contribution in [3.05, 3.63) is 29.3 Å². The predicted octanol–water partition coefficient (Wildman–Crippen LogP) is -2.02. The molecule has 1 aromatic rings. The van der Waals surface area contributed by atoms with Crippen LogP contribution in [0.3, 0.4) is 0 Å². The van der Waals surface area contributed by atoms with E-state index >= 15 is 0 Å². The molecular weight excluding hydrogens is 610 g/mol. The number of carbonyl (C=O) groups excluding carboxylic acids is 2. The topological polar surface area (TPSA) is 280 Å². The van der Waals surface area contributed by atoms with Crippen molar-refractivity contribution >= 4 is 58.0 Å². The van der Waals surface area contributed by atoms with E-state index in [9.17, 15) is 43.3 Å². The van der Waals surface area contributed by atoms with Crippen LogP contribution in [0.25, 0.3) is 0 Å². The maximum Gasteiger partial charge on any atom is 0.397 e. The maximum absolute atomic E-state index is 12.4. The van der Waals surface area contributed by atoms with Gasteiger partial charge >= 0.3 is 20.8 Å². The van der Waals surface area contributed by atoms with Crippen LogP contribution in [0.15, 0.2) is 18.2 Å². The summed E-state index contributed by atoms with van der Waals surface area (Å²) in [5, 5.41) is 4.90. The quantitative estimate of drug-likeness (QED) is 0.0658. The highest BCUT2D eigenvalue weighted by molar-refractivity contribution is 7.91. The minimum atomic E-state index is -4.76. The van der Waals surface area contributed by atoms with E-state index in [1.165, 1.54) is 18.2 Å². The van der Waals surface area contributed by atoms with E-state index in [0.29, 0.717) is 0 Å². The fraction of sp³-hybridized carbons (Fsp3) is 0.556. The Hall–Kier alpha value is -2.40. The number of benzene rings is 1. The van der Waals surface area contributed by atoms with Gasteiger partial charge in [-0.15, -0.1) is 0 Å². The monoisotopic (exact) mass is 639 g/mol. The van der Waals surface area contributed by atoms with E-state index in [4.69, 9.17) is 14.8 Å². The molecule has 0 spiro atoms. The summed E-state index contributed by atoms with van der Waals surface area (Å²) in [5.74, 6) is -3.47. The van der Waals surface area contributed by atoms with Crippen LogP contribution in [0.5, 0.6) is 0 Å². The van der Waals surface area contributed by atoms with E-state index in [1.807, 2.05) is 0 Å². The number of hydrogen-bond acceptors (Lipinski definition) is 13. The van der Waals surface area contributed by atoms with Gasteiger partial charge in [0.15, 0.2) is 19.7 Å². The highest BCUT2D eigenvalue weighted by atomic mass is 32.3. The van der Waals surface area contributed by atoms with Crippen LogP contribution in [0, 0.1) is 0 Å². The molecule has 224 valence electrons. The Morgan fingerprint density at radius 3 is 1.36 bits per heavy atom. The first-order valence-electron chi connectivity index (χ1n) is 10.9. The van der Waals surface area contributed by atoms with Crippen LogP contribution in [0.2, 0.25) is 0 Å². The molecule has 17 nitrogen and oxygen atoms in total. The third-order valence-electron chi connectivity index (χ3n) is 4.57. The number of nitrogen functional groups attached to an aromatic ring is 1. The summed E-state index contributed by atoms with van der Waals surface area (Å²) in [6.45, 7) is -1.69. The van der Waals surface area contributed by atoms with Crippen LogP contribution >= 0.6 is 0 Å². The number of hydrogen-bond donors (Lipinski definition) is 5. The Bertz CT molecular complexity index is 1330. The number of rotatable bonds is 18. The van der Waals surface area contributed by atoms with Gasteiger partial charge in [0.25, 0.3) is 11.8 Å². The average Bonchev–Trinajstić information content (AvgIpc) is 2.76. The highest BCUT2D eigenvalue weighted by Gasteiger charge is 2.17. The summed E-state index contributed by atoms with van der Waals surface area (Å²) in [4.78, 5) is 24.8. The minimum absolute atomic E-state index is 0.00836. The molecule has 0 fully saturated rings. The van der Waals surface area contributed by atoms with Crippen molar-refractivity contribution in [3.63, 3.8) is 0 Å². The lowest BCUT2D eigenvalue weighted by Gasteiger charge is -2.10. The third-order valence-corrected chi connectivity index (χ3v) is 8.90. The molecule has 0 aliphatic rings. The number of sulfone groups is 2. The summed E-state index contributed by atoms with van der Waals surface area (Å²) in [6, 6.07) is 3.77. The van der Waals surface area contributed by atoms with Crippen molar-refractivity contribution in [3.8, 4) is 0 Å². The van der Waals surface area contributed by atoms with E-state index in [0.717, 1.165) is 0 Å². The highest BCUT2D eigenvalue weighted by Crippen LogP contribution is 2.12. The molecular formula is C18H29N3O14S4. The molecule has 6 N–H and O–H groups in total. The summed E-state index contributed by atoms with van der Waals surface area (Å²) >= 11 is 0. The lowest BCUT2D eigenvalue weighted by Crippen LogP contribution is -2.29. The Morgan fingerprint density at radius 2 is 1.03 bits per heavy atom. The number of nitrogens with one attached hydrogen (secondary N) is 2. The summed E-state index contributed by atoms with van der Waals surface area (Å²) in [5.41, 5.74) is 5.80. The zero-order valence-electron chi connectivity index (χ0n) is 20.3. The summed E-state index contributed by atoms with van der Waals surface area (Å²) < 4.78 is 114. The predicted molar refractivity (Wildman–Crippen MR) is 137 cm³/mol. The minimum Gasteiger partial charge on any atom is -0.399 e. The number of nitrogens with two attached hydrogens (primary N) is 1. The van der Waals surface area contributed by atoms with Crippen molar-refractivity contribution < 1.29 is 60.7 Å².